The maximum atomic E-state index is 11.7. The summed E-state index contributed by atoms with van der Waals surface area (Å²) in [5.74, 6) is -0.114. The van der Waals surface area contributed by atoms with E-state index in [4.69, 9.17) is 17.2 Å². The van der Waals surface area contributed by atoms with Crippen LogP contribution >= 0.6 is 0 Å². The quantitative estimate of drug-likeness (QED) is 0.373. The molecule has 1 fully saturated rings. The third-order valence-corrected chi connectivity index (χ3v) is 4.37. The Kier molecular flexibility index (Phi) is 6.80. The molecule has 0 aromatic heterocycles. The summed E-state index contributed by atoms with van der Waals surface area (Å²) in [4.78, 5) is 15.9. The third kappa shape index (κ3) is 5.63. The van der Waals surface area contributed by atoms with Gasteiger partial charge in [0.1, 0.15) is 11.6 Å². The van der Waals surface area contributed by atoms with Gasteiger partial charge in [0.25, 0.3) is 5.91 Å². The summed E-state index contributed by atoms with van der Waals surface area (Å²) >= 11 is 0. The fourth-order valence-electron chi connectivity index (χ4n) is 2.94. The van der Waals surface area contributed by atoms with Gasteiger partial charge in [-0.15, -0.1) is 0 Å². The van der Waals surface area contributed by atoms with Gasteiger partial charge in [-0.2, -0.15) is 0 Å². The molecule has 1 aliphatic carbocycles. The first kappa shape index (κ1) is 19.5. The van der Waals surface area contributed by atoms with Gasteiger partial charge >= 0.3 is 0 Å². The van der Waals surface area contributed by atoms with Crippen molar-refractivity contribution < 1.29 is 4.79 Å². The number of hydrogen-bond donors (Lipinski definition) is 5. The molecule has 7 nitrogen and oxygen atoms in total. The lowest BCUT2D eigenvalue weighted by Crippen LogP contribution is -2.46. The van der Waals surface area contributed by atoms with Crippen molar-refractivity contribution in [3.63, 3.8) is 0 Å². The topological polar surface area (TPSA) is 132 Å². The molecule has 0 spiro atoms. The maximum Gasteiger partial charge on any atom is 0.253 e. The van der Waals surface area contributed by atoms with Crippen LogP contribution in [0.1, 0.15) is 31.2 Å². The number of nitrogens with one attached hydrogen (secondary N) is 2. The highest BCUT2D eigenvalue weighted by Gasteiger charge is 2.21. The highest BCUT2D eigenvalue weighted by molar-refractivity contribution is 6.12. The second-order valence-corrected chi connectivity index (χ2v) is 6.59. The average molecular weight is 356 g/mol. The van der Waals surface area contributed by atoms with Crippen LogP contribution in [0, 0.1) is 6.92 Å². The van der Waals surface area contributed by atoms with E-state index in [2.05, 4.69) is 22.2 Å². The second kappa shape index (κ2) is 9.05. The number of nitrogens with zero attached hydrogens (tertiary/aromatic N) is 1. The zero-order chi connectivity index (χ0) is 19.1. The lowest BCUT2D eigenvalue weighted by molar-refractivity contribution is -0.114. The van der Waals surface area contributed by atoms with Crippen molar-refractivity contribution in [1.29, 1.82) is 0 Å². The number of aliphatic imine (C=N–C) groups is 1. The molecule has 2 rings (SSSR count). The summed E-state index contributed by atoms with van der Waals surface area (Å²) in [6.45, 7) is 5.83. The van der Waals surface area contributed by atoms with Crippen LogP contribution in [0.4, 0.5) is 5.69 Å². The van der Waals surface area contributed by atoms with Gasteiger partial charge in [0.2, 0.25) is 0 Å². The lowest BCUT2D eigenvalue weighted by Gasteiger charge is -2.29. The molecule has 0 bridgehead atoms. The number of carbonyl (C=O) groups is 1. The summed E-state index contributed by atoms with van der Waals surface area (Å²) in [5.41, 5.74) is 19.5. The Morgan fingerprint density at radius 2 is 2.04 bits per heavy atom. The molecule has 0 unspecified atom stereocenters. The molecule has 140 valence electrons. The third-order valence-electron chi connectivity index (χ3n) is 4.37. The van der Waals surface area contributed by atoms with Crippen LogP contribution < -0.4 is 27.8 Å². The van der Waals surface area contributed by atoms with Crippen molar-refractivity contribution in [3.05, 3.63) is 53.6 Å². The summed E-state index contributed by atoms with van der Waals surface area (Å²) in [6.07, 6.45) is 5.55. The number of amides is 1. The predicted octanol–water partition coefficient (Wildman–Crippen LogP) is 1.46. The van der Waals surface area contributed by atoms with E-state index in [0.29, 0.717) is 5.82 Å². The van der Waals surface area contributed by atoms with E-state index in [9.17, 15) is 4.79 Å². The van der Waals surface area contributed by atoms with Crippen molar-refractivity contribution >= 4 is 17.8 Å². The monoisotopic (exact) mass is 356 g/mol. The Balaban J connectivity index is 2.07. The highest BCUT2D eigenvalue weighted by atomic mass is 16.1. The fourth-order valence-corrected chi connectivity index (χ4v) is 2.94. The van der Waals surface area contributed by atoms with E-state index >= 15 is 0 Å². The van der Waals surface area contributed by atoms with Gasteiger partial charge in [-0.05, 0) is 37.5 Å². The zero-order valence-electron chi connectivity index (χ0n) is 15.2. The minimum absolute atomic E-state index is 0.0786. The predicted molar refractivity (Wildman–Crippen MR) is 106 cm³/mol. The largest absolute Gasteiger partial charge is 0.385 e. The Hall–Kier alpha value is -2.80. The summed E-state index contributed by atoms with van der Waals surface area (Å²) in [7, 11) is 0. The first-order chi connectivity index (χ1) is 12.4. The molecule has 26 heavy (non-hydrogen) atoms. The van der Waals surface area contributed by atoms with Crippen molar-refractivity contribution in [1.82, 2.24) is 5.32 Å². The van der Waals surface area contributed by atoms with Crippen molar-refractivity contribution in [2.24, 2.45) is 22.2 Å². The van der Waals surface area contributed by atoms with Crippen LogP contribution in [-0.2, 0) is 4.79 Å². The molecule has 1 amide bonds. The van der Waals surface area contributed by atoms with Crippen LogP contribution in [0.5, 0.6) is 0 Å². The number of benzene rings is 1. The first-order valence-electron chi connectivity index (χ1n) is 8.75. The SMILES string of the molecule is C=C(/N=C\C(C(N)=O)=C(/N)Nc1cccc(C)c1)N[C@@H]1CCCC[C@@H]1N. The van der Waals surface area contributed by atoms with E-state index in [0.717, 1.165) is 36.9 Å². The Morgan fingerprint density at radius 3 is 2.69 bits per heavy atom. The van der Waals surface area contributed by atoms with Gasteiger partial charge in [-0.3, -0.25) is 4.79 Å². The molecular formula is C19H28N6O. The second-order valence-electron chi connectivity index (χ2n) is 6.59. The molecule has 8 N–H and O–H groups in total. The minimum Gasteiger partial charge on any atom is -0.385 e. The van der Waals surface area contributed by atoms with Crippen molar-refractivity contribution in [3.8, 4) is 0 Å². The number of anilines is 1. The number of carbonyl (C=O) groups excluding carboxylic acids is 1. The Bertz CT molecular complexity index is 724. The minimum atomic E-state index is -0.673. The molecule has 0 aliphatic heterocycles. The Morgan fingerprint density at radius 1 is 1.31 bits per heavy atom. The number of primary amides is 1. The maximum absolute atomic E-state index is 11.7. The normalized spacial score (nSPS) is 21.2. The molecule has 1 aromatic carbocycles. The first-order valence-corrected chi connectivity index (χ1v) is 8.75. The molecule has 1 saturated carbocycles. The molecule has 1 aliphatic rings. The van der Waals surface area contributed by atoms with E-state index in [1.165, 1.54) is 6.21 Å². The average Bonchev–Trinajstić information content (AvgIpc) is 2.57. The molecule has 0 saturated heterocycles. The zero-order valence-corrected chi connectivity index (χ0v) is 15.2. The van der Waals surface area contributed by atoms with Gasteiger partial charge in [-0.1, -0.05) is 31.6 Å². The standard InChI is InChI=1S/C19H28N6O/c1-12-6-5-7-14(10-12)25-18(21)15(19(22)26)11-23-13(2)24-17-9-4-3-8-16(17)20/h5-7,10-11,16-17,24-25H,2-4,8-9,20-21H2,1H3,(H2,22,26)/b18-15-,23-11-/t16-,17+/m0/s1. The van der Waals surface area contributed by atoms with Crippen LogP contribution in [0.25, 0.3) is 0 Å². The van der Waals surface area contributed by atoms with Gasteiger partial charge in [0.05, 0.1) is 5.57 Å². The summed E-state index contributed by atoms with van der Waals surface area (Å²) < 4.78 is 0. The molecule has 7 heteroatoms. The number of nitrogens with two attached hydrogens (primary N) is 3. The number of aryl methyl sites for hydroxylation is 1. The smallest absolute Gasteiger partial charge is 0.253 e. The van der Waals surface area contributed by atoms with Crippen LogP contribution in [-0.4, -0.2) is 24.2 Å². The highest BCUT2D eigenvalue weighted by Crippen LogP contribution is 2.18. The lowest BCUT2D eigenvalue weighted by atomic mass is 9.91. The van der Waals surface area contributed by atoms with Crippen LogP contribution in [0.2, 0.25) is 0 Å². The van der Waals surface area contributed by atoms with Gasteiger partial charge in [-0.25, -0.2) is 4.99 Å². The number of hydrogen-bond acceptors (Lipinski definition) is 6. The van der Waals surface area contributed by atoms with E-state index in [1.807, 2.05) is 31.2 Å². The summed E-state index contributed by atoms with van der Waals surface area (Å²) in [6, 6.07) is 7.83. The molecular weight excluding hydrogens is 328 g/mol. The molecule has 2 atom stereocenters. The fraction of sp³-hybridized carbons (Fsp3) is 0.368. The molecule has 0 radical (unpaired) electrons. The Labute approximate surface area is 154 Å². The molecule has 0 heterocycles. The van der Waals surface area contributed by atoms with Crippen molar-refractivity contribution in [2.75, 3.05) is 5.32 Å². The van der Waals surface area contributed by atoms with Gasteiger partial charge in [0, 0.05) is 24.0 Å². The van der Waals surface area contributed by atoms with Crippen LogP contribution in [0.3, 0.4) is 0 Å². The van der Waals surface area contributed by atoms with Crippen LogP contribution in [0.15, 0.2) is 53.1 Å². The van der Waals surface area contributed by atoms with E-state index in [1.54, 1.807) is 0 Å². The van der Waals surface area contributed by atoms with Crippen molar-refractivity contribution in [2.45, 2.75) is 44.7 Å². The molecule has 1 aromatic rings. The number of rotatable bonds is 7. The summed E-state index contributed by atoms with van der Waals surface area (Å²) in [5, 5.41) is 6.18. The van der Waals surface area contributed by atoms with Gasteiger partial charge in [0.15, 0.2) is 0 Å². The van der Waals surface area contributed by atoms with E-state index < -0.39 is 5.91 Å². The van der Waals surface area contributed by atoms with E-state index in [-0.39, 0.29) is 23.5 Å². The van der Waals surface area contributed by atoms with Gasteiger partial charge < -0.3 is 27.8 Å².